The highest BCUT2D eigenvalue weighted by Crippen LogP contribution is 2.30. The van der Waals surface area contributed by atoms with Crippen LogP contribution in [-0.4, -0.2) is 46.6 Å². The number of piperidine rings is 1. The van der Waals surface area contributed by atoms with Crippen molar-refractivity contribution in [1.29, 1.82) is 0 Å². The smallest absolute Gasteiger partial charge is 0.141 e. The number of methoxy groups -OCH3 is 1. The van der Waals surface area contributed by atoms with Gasteiger partial charge in [-0.1, -0.05) is 11.2 Å². The summed E-state index contributed by atoms with van der Waals surface area (Å²) < 4.78 is 10.8. The molecule has 132 valence electrons. The number of benzene rings is 1. The second kappa shape index (κ2) is 6.61. The molecule has 0 unspecified atom stereocenters. The van der Waals surface area contributed by atoms with Crippen LogP contribution in [0.3, 0.4) is 0 Å². The van der Waals surface area contributed by atoms with E-state index in [0.717, 1.165) is 60.6 Å². The molecule has 0 spiro atoms. The summed E-state index contributed by atoms with van der Waals surface area (Å²) >= 11 is 0. The Morgan fingerprint density at radius 1 is 1.28 bits per heavy atom. The average Bonchev–Trinajstić information content (AvgIpc) is 3.18. The molecule has 1 aliphatic heterocycles. The number of aryl methyl sites for hydroxylation is 2. The van der Waals surface area contributed by atoms with E-state index in [2.05, 4.69) is 38.5 Å². The molecule has 6 nitrogen and oxygen atoms in total. The summed E-state index contributed by atoms with van der Waals surface area (Å²) in [5, 5.41) is 12.9. The van der Waals surface area contributed by atoms with Gasteiger partial charge in [0, 0.05) is 37.7 Å². The van der Waals surface area contributed by atoms with Crippen LogP contribution in [0.15, 0.2) is 22.7 Å². The van der Waals surface area contributed by atoms with Gasteiger partial charge in [0.15, 0.2) is 0 Å². The average molecular weight is 340 g/mol. The fourth-order valence-corrected chi connectivity index (χ4v) is 3.76. The third-order valence-corrected chi connectivity index (χ3v) is 5.20. The summed E-state index contributed by atoms with van der Waals surface area (Å²) in [5.74, 6) is 0.850. The van der Waals surface area contributed by atoms with E-state index in [9.17, 15) is 0 Å². The number of aromatic nitrogens is 3. The van der Waals surface area contributed by atoms with Gasteiger partial charge in [0.1, 0.15) is 5.76 Å². The minimum atomic E-state index is 0.404. The number of H-pyrrole nitrogens is 1. The van der Waals surface area contributed by atoms with Gasteiger partial charge in [0.25, 0.3) is 0 Å². The first-order valence-electron chi connectivity index (χ1n) is 8.81. The Hall–Kier alpha value is -2.18. The van der Waals surface area contributed by atoms with E-state index < -0.39 is 0 Å². The summed E-state index contributed by atoms with van der Waals surface area (Å²) in [7, 11) is 1.80. The second-order valence-electron chi connectivity index (χ2n) is 6.84. The van der Waals surface area contributed by atoms with Crippen molar-refractivity contribution in [2.45, 2.75) is 39.3 Å². The van der Waals surface area contributed by atoms with Gasteiger partial charge in [-0.2, -0.15) is 5.10 Å². The molecule has 0 aliphatic carbocycles. The zero-order valence-corrected chi connectivity index (χ0v) is 15.0. The van der Waals surface area contributed by atoms with Crippen LogP contribution in [0.2, 0.25) is 0 Å². The summed E-state index contributed by atoms with van der Waals surface area (Å²) in [5.41, 5.74) is 5.29. The number of fused-ring (bicyclic) bond motifs is 1. The van der Waals surface area contributed by atoms with Crippen LogP contribution in [-0.2, 0) is 11.3 Å². The van der Waals surface area contributed by atoms with Crippen LogP contribution < -0.4 is 0 Å². The Kier molecular flexibility index (Phi) is 4.31. The quantitative estimate of drug-likeness (QED) is 0.788. The molecule has 1 fully saturated rings. The van der Waals surface area contributed by atoms with Crippen molar-refractivity contribution >= 4 is 10.9 Å². The molecule has 1 saturated heterocycles. The van der Waals surface area contributed by atoms with Crippen molar-refractivity contribution in [3.05, 3.63) is 35.3 Å². The third-order valence-electron chi connectivity index (χ3n) is 5.20. The topological polar surface area (TPSA) is 67.2 Å². The first-order valence-corrected chi connectivity index (χ1v) is 8.81. The maximum absolute atomic E-state index is 5.46. The molecule has 3 aromatic rings. The number of hydrogen-bond donors (Lipinski definition) is 1. The Morgan fingerprint density at radius 2 is 2.08 bits per heavy atom. The molecule has 0 amide bonds. The molecule has 0 atom stereocenters. The number of rotatable bonds is 4. The van der Waals surface area contributed by atoms with E-state index >= 15 is 0 Å². The summed E-state index contributed by atoms with van der Waals surface area (Å²) in [6, 6.07) is 6.35. The summed E-state index contributed by atoms with van der Waals surface area (Å²) in [4.78, 5) is 2.46. The highest BCUT2D eigenvalue weighted by molar-refractivity contribution is 5.87. The lowest BCUT2D eigenvalue weighted by atomic mass is 10.0. The van der Waals surface area contributed by atoms with E-state index in [0.29, 0.717) is 6.10 Å². The molecule has 0 radical (unpaired) electrons. The number of nitrogens with one attached hydrogen (secondary N) is 1. The molecule has 1 aromatic carbocycles. The van der Waals surface area contributed by atoms with E-state index in [1.54, 1.807) is 7.11 Å². The Bertz CT molecular complexity index is 855. The largest absolute Gasteiger partial charge is 0.381 e. The maximum Gasteiger partial charge on any atom is 0.141 e. The van der Waals surface area contributed by atoms with Crippen LogP contribution in [0.5, 0.6) is 0 Å². The number of likely N-dealkylation sites (tertiary alicyclic amines) is 1. The molecule has 25 heavy (non-hydrogen) atoms. The predicted octanol–water partition coefficient (Wildman–Crippen LogP) is 3.45. The Labute approximate surface area is 147 Å². The zero-order valence-electron chi connectivity index (χ0n) is 15.0. The summed E-state index contributed by atoms with van der Waals surface area (Å²) in [6.07, 6.45) is 2.58. The van der Waals surface area contributed by atoms with Crippen molar-refractivity contribution < 1.29 is 9.26 Å². The van der Waals surface area contributed by atoms with Gasteiger partial charge in [-0.05, 0) is 44.4 Å². The lowest BCUT2D eigenvalue weighted by molar-refractivity contribution is 0.0386. The van der Waals surface area contributed by atoms with E-state index in [1.165, 1.54) is 11.1 Å². The SMILES string of the molecule is COC1CCN(Cc2[nH]nc3ccc(-c4c(C)noc4C)cc23)CC1. The minimum Gasteiger partial charge on any atom is -0.381 e. The fourth-order valence-electron chi connectivity index (χ4n) is 3.76. The predicted molar refractivity (Wildman–Crippen MR) is 96.4 cm³/mol. The molecular formula is C19H24N4O2. The lowest BCUT2D eigenvalue weighted by Gasteiger charge is -2.30. The van der Waals surface area contributed by atoms with Gasteiger partial charge < -0.3 is 9.26 Å². The van der Waals surface area contributed by atoms with Crippen molar-refractivity contribution in [2.24, 2.45) is 0 Å². The van der Waals surface area contributed by atoms with Crippen LogP contribution >= 0.6 is 0 Å². The van der Waals surface area contributed by atoms with Crippen molar-refractivity contribution in [2.75, 3.05) is 20.2 Å². The number of nitrogens with zero attached hydrogens (tertiary/aromatic N) is 3. The normalized spacial score (nSPS) is 16.8. The highest BCUT2D eigenvalue weighted by Gasteiger charge is 2.20. The molecule has 6 heteroatoms. The fraction of sp³-hybridized carbons (Fsp3) is 0.474. The maximum atomic E-state index is 5.46. The van der Waals surface area contributed by atoms with E-state index in [-0.39, 0.29) is 0 Å². The minimum absolute atomic E-state index is 0.404. The molecule has 2 aromatic heterocycles. The van der Waals surface area contributed by atoms with Crippen LogP contribution in [0, 0.1) is 13.8 Å². The van der Waals surface area contributed by atoms with Crippen molar-refractivity contribution in [3.63, 3.8) is 0 Å². The molecule has 0 saturated carbocycles. The summed E-state index contributed by atoms with van der Waals surface area (Å²) in [6.45, 7) is 6.94. The highest BCUT2D eigenvalue weighted by atomic mass is 16.5. The van der Waals surface area contributed by atoms with Gasteiger partial charge in [-0.25, -0.2) is 0 Å². The molecule has 4 rings (SSSR count). The molecular weight excluding hydrogens is 316 g/mol. The standard InChI is InChI=1S/C19H24N4O2/c1-12-19(13(2)25-22-12)14-4-5-17-16(10-14)18(21-20-17)11-23-8-6-15(24-3)7-9-23/h4-5,10,15H,6-9,11H2,1-3H3,(H,20,21). The molecule has 1 aliphatic rings. The van der Waals surface area contributed by atoms with Crippen LogP contribution in [0.4, 0.5) is 0 Å². The van der Waals surface area contributed by atoms with Gasteiger partial charge in [-0.15, -0.1) is 0 Å². The Morgan fingerprint density at radius 3 is 2.76 bits per heavy atom. The van der Waals surface area contributed by atoms with Gasteiger partial charge in [0.05, 0.1) is 23.0 Å². The second-order valence-corrected chi connectivity index (χ2v) is 6.84. The lowest BCUT2D eigenvalue weighted by Crippen LogP contribution is -2.36. The number of aromatic amines is 1. The Balaban J connectivity index is 1.61. The van der Waals surface area contributed by atoms with E-state index in [1.807, 2.05) is 13.8 Å². The monoisotopic (exact) mass is 340 g/mol. The zero-order chi connectivity index (χ0) is 17.4. The van der Waals surface area contributed by atoms with Crippen molar-refractivity contribution in [1.82, 2.24) is 20.3 Å². The van der Waals surface area contributed by atoms with E-state index in [4.69, 9.17) is 9.26 Å². The van der Waals surface area contributed by atoms with Crippen LogP contribution in [0.1, 0.15) is 30.0 Å². The first-order chi connectivity index (χ1) is 12.2. The number of ether oxygens (including phenoxy) is 1. The van der Waals surface area contributed by atoms with Gasteiger partial charge in [0.2, 0.25) is 0 Å². The molecule has 3 heterocycles. The van der Waals surface area contributed by atoms with Gasteiger partial charge >= 0.3 is 0 Å². The number of hydrogen-bond acceptors (Lipinski definition) is 5. The molecule has 0 bridgehead atoms. The van der Waals surface area contributed by atoms with Crippen LogP contribution in [0.25, 0.3) is 22.0 Å². The van der Waals surface area contributed by atoms with Gasteiger partial charge in [-0.3, -0.25) is 10.00 Å². The molecule has 1 N–H and O–H groups in total. The van der Waals surface area contributed by atoms with Crippen molar-refractivity contribution in [3.8, 4) is 11.1 Å². The third kappa shape index (κ3) is 3.07. The first kappa shape index (κ1) is 16.3.